The van der Waals surface area contributed by atoms with Gasteiger partial charge in [0, 0.05) is 13.1 Å². The molecule has 2 amide bonds. The van der Waals surface area contributed by atoms with Crippen molar-refractivity contribution in [3.63, 3.8) is 0 Å². The number of sulfonamides is 1. The van der Waals surface area contributed by atoms with Crippen LogP contribution in [0.2, 0.25) is 10.0 Å². The van der Waals surface area contributed by atoms with Crippen LogP contribution in [0.1, 0.15) is 33.6 Å². The van der Waals surface area contributed by atoms with E-state index in [1.807, 2.05) is 0 Å². The molecule has 0 radical (unpaired) electrons. The van der Waals surface area contributed by atoms with Crippen LogP contribution in [-0.4, -0.2) is 55.2 Å². The second kappa shape index (κ2) is 8.82. The first-order chi connectivity index (χ1) is 15.2. The van der Waals surface area contributed by atoms with E-state index in [4.69, 9.17) is 27.9 Å². The topological polar surface area (TPSA) is 101 Å². The first kappa shape index (κ1) is 22.7. The van der Waals surface area contributed by atoms with Gasteiger partial charge in [-0.15, -0.1) is 0 Å². The smallest absolute Gasteiger partial charge is 0.310 e. The molecule has 2 aliphatic heterocycles. The van der Waals surface area contributed by atoms with Crippen LogP contribution in [0.4, 0.5) is 0 Å². The number of hydrogen-bond donors (Lipinski definition) is 0. The second-order valence-electron chi connectivity index (χ2n) is 7.41. The number of rotatable bonds is 5. The lowest BCUT2D eigenvalue weighted by Gasteiger charge is -2.30. The minimum atomic E-state index is -3.92. The lowest BCUT2D eigenvalue weighted by Crippen LogP contribution is -2.41. The summed E-state index contributed by atoms with van der Waals surface area (Å²) in [6, 6.07) is 10.8. The molecule has 0 N–H and O–H groups in total. The number of amides is 2. The Labute approximate surface area is 194 Å². The van der Waals surface area contributed by atoms with Crippen LogP contribution in [0, 0.1) is 5.92 Å². The number of carbonyl (C=O) groups excluding carboxylic acids is 3. The van der Waals surface area contributed by atoms with Gasteiger partial charge >= 0.3 is 5.97 Å². The van der Waals surface area contributed by atoms with Crippen molar-refractivity contribution in [3.8, 4) is 0 Å². The quantitative estimate of drug-likeness (QED) is 0.465. The summed E-state index contributed by atoms with van der Waals surface area (Å²) in [5.41, 5.74) is 0.538. The Morgan fingerprint density at radius 3 is 2.00 bits per heavy atom. The lowest BCUT2D eigenvalue weighted by atomic mass is 9.98. The van der Waals surface area contributed by atoms with Crippen molar-refractivity contribution in [2.45, 2.75) is 17.7 Å². The molecular formula is C21H18Cl2N2O6S. The Bertz CT molecular complexity index is 1150. The van der Waals surface area contributed by atoms with E-state index in [2.05, 4.69) is 0 Å². The lowest BCUT2D eigenvalue weighted by molar-refractivity contribution is -0.152. The summed E-state index contributed by atoms with van der Waals surface area (Å²) in [5, 5.41) is 0.0555. The van der Waals surface area contributed by atoms with Gasteiger partial charge in [0.25, 0.3) is 11.8 Å². The highest BCUT2D eigenvalue weighted by Gasteiger charge is 2.38. The SMILES string of the molecule is O=C(OCN1C(=O)c2ccccc2C1=O)C1CCN(S(=O)(=O)c2c(Cl)cccc2Cl)CC1. The van der Waals surface area contributed by atoms with Gasteiger partial charge in [-0.05, 0) is 37.1 Å². The van der Waals surface area contributed by atoms with Gasteiger partial charge in [-0.3, -0.25) is 14.4 Å². The van der Waals surface area contributed by atoms with Crippen LogP contribution in [0.3, 0.4) is 0 Å². The van der Waals surface area contributed by atoms with Gasteiger partial charge in [0.1, 0.15) is 4.90 Å². The van der Waals surface area contributed by atoms with Crippen LogP contribution in [0.15, 0.2) is 47.4 Å². The van der Waals surface area contributed by atoms with Gasteiger partial charge in [-0.25, -0.2) is 13.3 Å². The highest BCUT2D eigenvalue weighted by molar-refractivity contribution is 7.89. The molecule has 4 rings (SSSR count). The standard InChI is InChI=1S/C21H18Cl2N2O6S/c22-16-6-3-7-17(23)18(16)32(29,30)24-10-8-13(9-11-24)21(28)31-12-25-19(26)14-4-1-2-5-15(14)20(25)27/h1-7,13H,8-12H2. The number of esters is 1. The fraction of sp³-hybridized carbons (Fsp3) is 0.286. The van der Waals surface area contributed by atoms with Crippen LogP contribution in [0.5, 0.6) is 0 Å². The molecule has 168 valence electrons. The fourth-order valence-electron chi connectivity index (χ4n) is 3.79. The maximum absolute atomic E-state index is 12.9. The minimum absolute atomic E-state index is 0.0278. The number of hydrogen-bond acceptors (Lipinski definition) is 6. The zero-order valence-corrected chi connectivity index (χ0v) is 19.0. The number of halogens is 2. The van der Waals surface area contributed by atoms with Crippen molar-refractivity contribution < 1.29 is 27.5 Å². The van der Waals surface area contributed by atoms with Crippen molar-refractivity contribution in [2.75, 3.05) is 19.8 Å². The first-order valence-electron chi connectivity index (χ1n) is 9.78. The third-order valence-corrected chi connectivity index (χ3v) is 8.37. The Morgan fingerprint density at radius 2 is 1.47 bits per heavy atom. The molecule has 0 saturated carbocycles. The third-order valence-electron chi connectivity index (χ3n) is 5.52. The number of ether oxygens (including phenoxy) is 1. The molecule has 11 heteroatoms. The molecular weight excluding hydrogens is 479 g/mol. The van der Waals surface area contributed by atoms with E-state index in [1.54, 1.807) is 30.3 Å². The fourth-order valence-corrected chi connectivity index (χ4v) is 6.35. The van der Waals surface area contributed by atoms with E-state index in [0.717, 1.165) is 4.90 Å². The molecule has 2 aromatic carbocycles. The van der Waals surface area contributed by atoms with E-state index in [9.17, 15) is 22.8 Å². The molecule has 1 fully saturated rings. The monoisotopic (exact) mass is 496 g/mol. The Hall–Kier alpha value is -2.46. The van der Waals surface area contributed by atoms with Gasteiger partial charge in [0.05, 0.1) is 27.1 Å². The number of fused-ring (bicyclic) bond motifs is 1. The van der Waals surface area contributed by atoms with Crippen molar-refractivity contribution in [1.82, 2.24) is 9.21 Å². The number of imide groups is 1. The van der Waals surface area contributed by atoms with Crippen molar-refractivity contribution in [1.29, 1.82) is 0 Å². The van der Waals surface area contributed by atoms with E-state index in [1.165, 1.54) is 16.4 Å². The molecule has 0 spiro atoms. The predicted octanol–water partition coefficient (Wildman–Crippen LogP) is 3.19. The molecule has 2 aromatic rings. The van der Waals surface area contributed by atoms with E-state index in [0.29, 0.717) is 0 Å². The van der Waals surface area contributed by atoms with Crippen LogP contribution < -0.4 is 0 Å². The summed E-state index contributed by atoms with van der Waals surface area (Å²) in [5.74, 6) is -2.18. The summed E-state index contributed by atoms with van der Waals surface area (Å²) in [4.78, 5) is 37.9. The average molecular weight is 497 g/mol. The maximum Gasteiger partial charge on any atom is 0.310 e. The highest BCUT2D eigenvalue weighted by Crippen LogP contribution is 2.33. The molecule has 0 atom stereocenters. The molecule has 0 aliphatic carbocycles. The molecule has 2 aliphatic rings. The van der Waals surface area contributed by atoms with Crippen molar-refractivity contribution in [2.24, 2.45) is 5.92 Å². The van der Waals surface area contributed by atoms with Crippen molar-refractivity contribution >= 4 is 51.0 Å². The first-order valence-corrected chi connectivity index (χ1v) is 12.0. The van der Waals surface area contributed by atoms with Gasteiger partial charge in [-0.1, -0.05) is 41.4 Å². The van der Waals surface area contributed by atoms with E-state index >= 15 is 0 Å². The second-order valence-corrected chi connectivity index (χ2v) is 10.1. The molecule has 0 aromatic heterocycles. The molecule has 1 saturated heterocycles. The van der Waals surface area contributed by atoms with Crippen LogP contribution in [-0.2, 0) is 19.6 Å². The van der Waals surface area contributed by atoms with Gasteiger partial charge < -0.3 is 4.74 Å². The van der Waals surface area contributed by atoms with E-state index < -0.39 is 40.5 Å². The predicted molar refractivity (Wildman–Crippen MR) is 116 cm³/mol. The average Bonchev–Trinajstić information content (AvgIpc) is 3.02. The summed E-state index contributed by atoms with van der Waals surface area (Å²) in [7, 11) is -3.92. The van der Waals surface area contributed by atoms with Crippen LogP contribution >= 0.6 is 23.2 Å². The zero-order chi connectivity index (χ0) is 23.0. The Kier molecular flexibility index (Phi) is 6.26. The largest absolute Gasteiger partial charge is 0.443 e. The van der Waals surface area contributed by atoms with Crippen molar-refractivity contribution in [3.05, 3.63) is 63.6 Å². The molecule has 32 heavy (non-hydrogen) atoms. The summed E-state index contributed by atoms with van der Waals surface area (Å²) in [6.07, 6.45) is 0.449. The number of benzene rings is 2. The van der Waals surface area contributed by atoms with Gasteiger partial charge in [0.15, 0.2) is 6.73 Å². The number of nitrogens with zero attached hydrogens (tertiary/aromatic N) is 2. The number of carbonyl (C=O) groups is 3. The minimum Gasteiger partial charge on any atom is -0.443 e. The highest BCUT2D eigenvalue weighted by atomic mass is 35.5. The normalized spacial score (nSPS) is 17.5. The summed E-state index contributed by atoms with van der Waals surface area (Å²) >= 11 is 12.1. The maximum atomic E-state index is 12.9. The Balaban J connectivity index is 1.35. The molecule has 8 nitrogen and oxygen atoms in total. The van der Waals surface area contributed by atoms with E-state index in [-0.39, 0.29) is 52.0 Å². The molecule has 0 bridgehead atoms. The molecule has 0 unspecified atom stereocenters. The summed E-state index contributed by atoms with van der Waals surface area (Å²) < 4.78 is 32.3. The molecule has 2 heterocycles. The Morgan fingerprint density at radius 1 is 0.938 bits per heavy atom. The summed E-state index contributed by atoms with van der Waals surface area (Å²) in [6.45, 7) is -0.327. The van der Waals surface area contributed by atoms with Gasteiger partial charge in [-0.2, -0.15) is 4.31 Å². The zero-order valence-electron chi connectivity index (χ0n) is 16.7. The third kappa shape index (κ3) is 4.01. The van der Waals surface area contributed by atoms with Gasteiger partial charge in [0.2, 0.25) is 10.0 Å². The van der Waals surface area contributed by atoms with Crippen LogP contribution in [0.25, 0.3) is 0 Å². The number of piperidine rings is 1.